The quantitative estimate of drug-likeness (QED) is 0.802. The van der Waals surface area contributed by atoms with Gasteiger partial charge in [-0.25, -0.2) is 9.37 Å². The van der Waals surface area contributed by atoms with E-state index in [2.05, 4.69) is 42.9 Å². The zero-order valence-electron chi connectivity index (χ0n) is 12.8. The summed E-state index contributed by atoms with van der Waals surface area (Å²) in [5.74, 6) is 0.584. The third kappa shape index (κ3) is 5.55. The molecule has 3 nitrogen and oxygen atoms in total. The van der Waals surface area contributed by atoms with E-state index in [-0.39, 0.29) is 11.2 Å². The van der Waals surface area contributed by atoms with Crippen LogP contribution >= 0.6 is 0 Å². The van der Waals surface area contributed by atoms with Crippen molar-refractivity contribution in [3.05, 3.63) is 23.6 Å². The molecule has 0 radical (unpaired) electrons. The van der Waals surface area contributed by atoms with E-state index in [9.17, 15) is 4.39 Å². The Morgan fingerprint density at radius 1 is 1.37 bits per heavy atom. The summed E-state index contributed by atoms with van der Waals surface area (Å²) in [6.45, 7) is 11.1. The monoisotopic (exact) mass is 267 g/mol. The maximum atomic E-state index is 13.3. The average Bonchev–Trinajstić information content (AvgIpc) is 2.27. The fourth-order valence-corrected chi connectivity index (χ4v) is 2.13. The highest BCUT2D eigenvalue weighted by Crippen LogP contribution is 2.22. The van der Waals surface area contributed by atoms with Crippen molar-refractivity contribution in [2.45, 2.75) is 40.7 Å². The van der Waals surface area contributed by atoms with Gasteiger partial charge >= 0.3 is 0 Å². The highest BCUT2D eigenvalue weighted by molar-refractivity contribution is 5.46. The average molecular weight is 267 g/mol. The molecule has 0 aliphatic rings. The molecule has 1 rings (SSSR count). The summed E-state index contributed by atoms with van der Waals surface area (Å²) in [6, 6.07) is 1.57. The third-order valence-electron chi connectivity index (χ3n) is 2.72. The van der Waals surface area contributed by atoms with Crippen molar-refractivity contribution < 1.29 is 4.39 Å². The van der Waals surface area contributed by atoms with Crippen LogP contribution in [-0.4, -0.2) is 25.1 Å². The maximum absolute atomic E-state index is 13.3. The Kier molecular flexibility index (Phi) is 5.73. The molecule has 4 heteroatoms. The molecule has 0 fully saturated rings. The molecule has 19 heavy (non-hydrogen) atoms. The minimum absolute atomic E-state index is 0.179. The van der Waals surface area contributed by atoms with Crippen molar-refractivity contribution >= 4 is 5.82 Å². The van der Waals surface area contributed by atoms with E-state index in [0.29, 0.717) is 6.54 Å². The van der Waals surface area contributed by atoms with Gasteiger partial charge in [0.2, 0.25) is 0 Å². The Morgan fingerprint density at radius 3 is 2.63 bits per heavy atom. The third-order valence-corrected chi connectivity index (χ3v) is 2.72. The molecule has 0 unspecified atom stereocenters. The molecule has 1 aromatic rings. The van der Waals surface area contributed by atoms with Crippen LogP contribution < -0.4 is 10.2 Å². The first-order chi connectivity index (χ1) is 8.83. The van der Waals surface area contributed by atoms with Crippen molar-refractivity contribution in [2.75, 3.05) is 25.0 Å². The normalized spacial score (nSPS) is 11.7. The second kappa shape index (κ2) is 6.85. The molecule has 108 valence electrons. The Hall–Kier alpha value is -1.16. The van der Waals surface area contributed by atoms with Gasteiger partial charge < -0.3 is 10.2 Å². The first kappa shape index (κ1) is 15.9. The van der Waals surface area contributed by atoms with Crippen LogP contribution in [0, 0.1) is 11.2 Å². The first-order valence-electron chi connectivity index (χ1n) is 6.90. The highest BCUT2D eigenvalue weighted by Gasteiger charge is 2.17. The van der Waals surface area contributed by atoms with Gasteiger partial charge in [-0.3, -0.25) is 0 Å². The Morgan fingerprint density at radius 2 is 2.05 bits per heavy atom. The summed E-state index contributed by atoms with van der Waals surface area (Å²) in [5.41, 5.74) is 1.10. The summed E-state index contributed by atoms with van der Waals surface area (Å²) in [7, 11) is 2.01. The van der Waals surface area contributed by atoms with Crippen LogP contribution in [0.5, 0.6) is 0 Å². The predicted octanol–water partition coefficient (Wildman–Crippen LogP) is 3.20. The summed E-state index contributed by atoms with van der Waals surface area (Å²) in [4.78, 5) is 6.35. The molecule has 0 saturated heterocycles. The number of rotatable bonds is 6. The molecule has 0 spiro atoms. The Labute approximate surface area is 116 Å². The van der Waals surface area contributed by atoms with Gasteiger partial charge in [-0.05, 0) is 24.4 Å². The van der Waals surface area contributed by atoms with E-state index in [1.54, 1.807) is 6.07 Å². The molecule has 1 heterocycles. The van der Waals surface area contributed by atoms with E-state index < -0.39 is 0 Å². The van der Waals surface area contributed by atoms with Crippen LogP contribution in [0.25, 0.3) is 0 Å². The molecule has 0 aliphatic heterocycles. The lowest BCUT2D eigenvalue weighted by Crippen LogP contribution is -2.31. The van der Waals surface area contributed by atoms with Crippen molar-refractivity contribution in [2.24, 2.45) is 5.41 Å². The van der Waals surface area contributed by atoms with Gasteiger partial charge in [0.15, 0.2) is 0 Å². The number of halogens is 1. The fraction of sp³-hybridized carbons (Fsp3) is 0.667. The van der Waals surface area contributed by atoms with E-state index >= 15 is 0 Å². The topological polar surface area (TPSA) is 28.2 Å². The van der Waals surface area contributed by atoms with Gasteiger partial charge in [0.05, 0.1) is 6.20 Å². The SMILES string of the molecule is CCCNCc1cc(F)cnc1N(C)CC(C)(C)C. The number of anilines is 1. The van der Waals surface area contributed by atoms with Crippen molar-refractivity contribution in [3.8, 4) is 0 Å². The summed E-state index contributed by atoms with van der Waals surface area (Å²) in [6.07, 6.45) is 2.35. The van der Waals surface area contributed by atoms with Gasteiger partial charge in [-0.1, -0.05) is 27.7 Å². The molecule has 0 atom stereocenters. The molecular weight excluding hydrogens is 241 g/mol. The summed E-state index contributed by atoms with van der Waals surface area (Å²) in [5, 5.41) is 3.30. The zero-order chi connectivity index (χ0) is 14.5. The standard InChI is InChI=1S/C15H26FN3/c1-6-7-17-9-12-8-13(16)10-18-14(12)19(5)11-15(2,3)4/h8,10,17H,6-7,9,11H2,1-5H3. The minimum Gasteiger partial charge on any atom is -0.359 e. The van der Waals surface area contributed by atoms with Gasteiger partial charge in [-0.2, -0.15) is 0 Å². The molecule has 0 aromatic carbocycles. The highest BCUT2D eigenvalue weighted by atomic mass is 19.1. The van der Waals surface area contributed by atoms with E-state index in [4.69, 9.17) is 0 Å². The van der Waals surface area contributed by atoms with Gasteiger partial charge in [-0.15, -0.1) is 0 Å². The lowest BCUT2D eigenvalue weighted by Gasteiger charge is -2.29. The van der Waals surface area contributed by atoms with Gasteiger partial charge in [0.25, 0.3) is 0 Å². The van der Waals surface area contributed by atoms with Crippen molar-refractivity contribution in [1.82, 2.24) is 10.3 Å². The lowest BCUT2D eigenvalue weighted by molar-refractivity contribution is 0.417. The largest absolute Gasteiger partial charge is 0.359 e. The molecule has 0 aliphatic carbocycles. The number of aromatic nitrogens is 1. The zero-order valence-corrected chi connectivity index (χ0v) is 12.8. The van der Waals surface area contributed by atoms with Crippen LogP contribution in [0.15, 0.2) is 12.3 Å². The Bertz CT molecular complexity index is 399. The molecular formula is C15H26FN3. The van der Waals surface area contributed by atoms with Crippen LogP contribution in [0.2, 0.25) is 0 Å². The predicted molar refractivity (Wildman–Crippen MR) is 78.9 cm³/mol. The minimum atomic E-state index is -0.277. The smallest absolute Gasteiger partial charge is 0.141 e. The number of nitrogens with zero attached hydrogens (tertiary/aromatic N) is 2. The van der Waals surface area contributed by atoms with E-state index in [0.717, 1.165) is 30.9 Å². The number of hydrogen-bond acceptors (Lipinski definition) is 3. The molecule has 0 bridgehead atoms. The van der Waals surface area contributed by atoms with Crippen LogP contribution in [0.4, 0.5) is 10.2 Å². The molecule has 0 amide bonds. The van der Waals surface area contributed by atoms with Gasteiger partial charge in [0, 0.05) is 25.7 Å². The van der Waals surface area contributed by atoms with Crippen LogP contribution in [0.3, 0.4) is 0 Å². The van der Waals surface area contributed by atoms with Crippen molar-refractivity contribution in [3.63, 3.8) is 0 Å². The number of pyridine rings is 1. The number of nitrogens with one attached hydrogen (secondary N) is 1. The second-order valence-electron chi connectivity index (χ2n) is 6.23. The number of hydrogen-bond donors (Lipinski definition) is 1. The lowest BCUT2D eigenvalue weighted by atomic mass is 9.96. The molecule has 1 N–H and O–H groups in total. The van der Waals surface area contributed by atoms with E-state index in [1.807, 2.05) is 7.05 Å². The van der Waals surface area contributed by atoms with E-state index in [1.165, 1.54) is 6.20 Å². The summed E-state index contributed by atoms with van der Waals surface area (Å²) >= 11 is 0. The van der Waals surface area contributed by atoms with Gasteiger partial charge in [0.1, 0.15) is 11.6 Å². The fourth-order valence-electron chi connectivity index (χ4n) is 2.13. The molecule has 1 aromatic heterocycles. The Balaban J connectivity index is 2.86. The molecule has 0 saturated carbocycles. The van der Waals surface area contributed by atoms with Crippen LogP contribution in [-0.2, 0) is 6.54 Å². The van der Waals surface area contributed by atoms with Crippen molar-refractivity contribution in [1.29, 1.82) is 0 Å². The first-order valence-corrected chi connectivity index (χ1v) is 6.90. The second-order valence-corrected chi connectivity index (χ2v) is 6.23. The maximum Gasteiger partial charge on any atom is 0.141 e. The van der Waals surface area contributed by atoms with Crippen LogP contribution in [0.1, 0.15) is 39.7 Å². The summed E-state index contributed by atoms with van der Waals surface area (Å²) < 4.78 is 13.3.